The molecule has 1 aromatic heterocycles. The van der Waals surface area contributed by atoms with E-state index in [1.165, 1.54) is 4.31 Å². The van der Waals surface area contributed by atoms with Crippen molar-refractivity contribution in [3.63, 3.8) is 0 Å². The molecule has 0 bridgehead atoms. The molecule has 7 heteroatoms. The third-order valence-corrected chi connectivity index (χ3v) is 6.81. The summed E-state index contributed by atoms with van der Waals surface area (Å²) in [7, 11) is -3.34. The molecule has 3 rings (SSSR count). The van der Waals surface area contributed by atoms with Crippen LogP contribution in [0, 0.1) is 0 Å². The highest BCUT2D eigenvalue weighted by atomic mass is 32.2. The van der Waals surface area contributed by atoms with Crippen molar-refractivity contribution in [2.75, 3.05) is 26.2 Å². The first-order valence-electron chi connectivity index (χ1n) is 7.86. The van der Waals surface area contributed by atoms with Crippen LogP contribution in [-0.4, -0.2) is 49.7 Å². The SMILES string of the molecule is O=C(Cc1cccs1)N1CCN(S(=O)(=O)Cc2ccccc2)CC1. The van der Waals surface area contributed by atoms with E-state index >= 15 is 0 Å². The molecule has 0 N–H and O–H groups in total. The van der Waals surface area contributed by atoms with Gasteiger partial charge in [-0.3, -0.25) is 4.79 Å². The molecule has 1 aliphatic heterocycles. The normalized spacial score (nSPS) is 16.2. The van der Waals surface area contributed by atoms with E-state index in [-0.39, 0.29) is 11.7 Å². The molecule has 0 unspecified atom stereocenters. The van der Waals surface area contributed by atoms with E-state index < -0.39 is 10.0 Å². The highest BCUT2D eigenvalue weighted by Crippen LogP contribution is 2.15. The van der Waals surface area contributed by atoms with Gasteiger partial charge in [0.2, 0.25) is 15.9 Å². The Balaban J connectivity index is 1.55. The van der Waals surface area contributed by atoms with Gasteiger partial charge in [-0.05, 0) is 17.0 Å². The van der Waals surface area contributed by atoms with Crippen molar-refractivity contribution >= 4 is 27.3 Å². The topological polar surface area (TPSA) is 57.7 Å². The molecule has 0 radical (unpaired) electrons. The van der Waals surface area contributed by atoms with E-state index in [0.717, 1.165) is 10.4 Å². The second kappa shape index (κ2) is 7.46. The highest BCUT2D eigenvalue weighted by molar-refractivity contribution is 7.88. The Labute approximate surface area is 146 Å². The molecule has 2 aromatic rings. The standard InChI is InChI=1S/C17H20N2O3S2/c20-17(13-16-7-4-12-23-16)18-8-10-19(11-9-18)24(21,22)14-15-5-2-1-3-6-15/h1-7,12H,8-11,13-14H2. The van der Waals surface area contributed by atoms with Gasteiger partial charge in [0.1, 0.15) is 0 Å². The zero-order valence-electron chi connectivity index (χ0n) is 13.3. The van der Waals surface area contributed by atoms with Crippen LogP contribution in [0.3, 0.4) is 0 Å². The first-order valence-corrected chi connectivity index (χ1v) is 10.4. The number of hydrogen-bond acceptors (Lipinski definition) is 4. The van der Waals surface area contributed by atoms with Crippen molar-refractivity contribution in [3.05, 3.63) is 58.3 Å². The average molecular weight is 364 g/mol. The summed E-state index contributed by atoms with van der Waals surface area (Å²) in [5.41, 5.74) is 0.786. The molecule has 1 aromatic carbocycles. The Morgan fingerprint density at radius 1 is 1.00 bits per heavy atom. The fourth-order valence-corrected chi connectivity index (χ4v) is 4.98. The van der Waals surface area contributed by atoms with Crippen LogP contribution in [0.4, 0.5) is 0 Å². The van der Waals surface area contributed by atoms with Gasteiger partial charge < -0.3 is 4.90 Å². The van der Waals surface area contributed by atoms with Crippen LogP contribution in [0.15, 0.2) is 47.8 Å². The van der Waals surface area contributed by atoms with Crippen LogP contribution in [0.25, 0.3) is 0 Å². The lowest BCUT2D eigenvalue weighted by Gasteiger charge is -2.34. The zero-order chi connectivity index (χ0) is 17.0. The van der Waals surface area contributed by atoms with Gasteiger partial charge in [-0.2, -0.15) is 4.31 Å². The zero-order valence-corrected chi connectivity index (χ0v) is 14.9. The van der Waals surface area contributed by atoms with Crippen molar-refractivity contribution < 1.29 is 13.2 Å². The minimum atomic E-state index is -3.34. The molecular formula is C17H20N2O3S2. The number of rotatable bonds is 5. The maximum Gasteiger partial charge on any atom is 0.227 e. The van der Waals surface area contributed by atoms with Crippen LogP contribution >= 0.6 is 11.3 Å². The number of benzene rings is 1. The van der Waals surface area contributed by atoms with E-state index in [9.17, 15) is 13.2 Å². The molecule has 1 fully saturated rings. The molecule has 1 saturated heterocycles. The van der Waals surface area contributed by atoms with Crippen LogP contribution in [0.2, 0.25) is 0 Å². The molecule has 5 nitrogen and oxygen atoms in total. The predicted molar refractivity (Wildman–Crippen MR) is 95.2 cm³/mol. The van der Waals surface area contributed by atoms with Crippen LogP contribution < -0.4 is 0 Å². The summed E-state index contributed by atoms with van der Waals surface area (Å²) < 4.78 is 26.5. The molecule has 2 heterocycles. The number of sulfonamides is 1. The maximum atomic E-state index is 12.5. The highest BCUT2D eigenvalue weighted by Gasteiger charge is 2.28. The van der Waals surface area contributed by atoms with Crippen LogP contribution in [0.5, 0.6) is 0 Å². The number of hydrogen-bond donors (Lipinski definition) is 0. The molecule has 0 atom stereocenters. The van der Waals surface area contributed by atoms with Gasteiger partial charge in [0, 0.05) is 31.1 Å². The summed E-state index contributed by atoms with van der Waals surface area (Å²) in [6.07, 6.45) is 0.397. The summed E-state index contributed by atoms with van der Waals surface area (Å²) in [5.74, 6) is 0.0781. The smallest absolute Gasteiger partial charge is 0.227 e. The van der Waals surface area contributed by atoms with Crippen molar-refractivity contribution in [2.24, 2.45) is 0 Å². The van der Waals surface area contributed by atoms with E-state index in [1.54, 1.807) is 16.2 Å². The molecule has 128 valence electrons. The van der Waals surface area contributed by atoms with Gasteiger partial charge in [0.05, 0.1) is 12.2 Å². The molecule has 0 aliphatic carbocycles. The average Bonchev–Trinajstić information content (AvgIpc) is 3.08. The Bertz CT molecular complexity index is 765. The number of nitrogens with zero attached hydrogens (tertiary/aromatic N) is 2. The third kappa shape index (κ3) is 4.23. The van der Waals surface area contributed by atoms with Crippen molar-refractivity contribution in [1.29, 1.82) is 0 Å². The lowest BCUT2D eigenvalue weighted by atomic mass is 10.2. The van der Waals surface area contributed by atoms with Crippen LogP contribution in [-0.2, 0) is 27.0 Å². The molecule has 1 aliphatic rings. The van der Waals surface area contributed by atoms with Crippen LogP contribution in [0.1, 0.15) is 10.4 Å². The fourth-order valence-electron chi connectivity index (χ4n) is 2.77. The summed E-state index contributed by atoms with van der Waals surface area (Å²) in [6, 6.07) is 13.1. The first kappa shape index (κ1) is 17.1. The van der Waals surface area contributed by atoms with Gasteiger partial charge in [-0.25, -0.2) is 8.42 Å². The Hall–Kier alpha value is -1.70. The largest absolute Gasteiger partial charge is 0.340 e. The molecule has 24 heavy (non-hydrogen) atoms. The van der Waals surface area contributed by atoms with Gasteiger partial charge >= 0.3 is 0 Å². The van der Waals surface area contributed by atoms with Crippen molar-refractivity contribution in [1.82, 2.24) is 9.21 Å². The Morgan fingerprint density at radius 3 is 2.33 bits per heavy atom. The van der Waals surface area contributed by atoms with Gasteiger partial charge in [-0.1, -0.05) is 36.4 Å². The van der Waals surface area contributed by atoms with Gasteiger partial charge in [0.15, 0.2) is 0 Å². The number of piperazine rings is 1. The fraction of sp³-hybridized carbons (Fsp3) is 0.353. The summed E-state index contributed by atoms with van der Waals surface area (Å²) in [4.78, 5) is 15.1. The van der Waals surface area contributed by atoms with Gasteiger partial charge in [0.25, 0.3) is 0 Å². The number of amides is 1. The molecule has 0 spiro atoms. The third-order valence-electron chi connectivity index (χ3n) is 4.08. The molecular weight excluding hydrogens is 344 g/mol. The summed E-state index contributed by atoms with van der Waals surface area (Å²) in [5, 5.41) is 1.96. The quantitative estimate of drug-likeness (QED) is 0.815. The van der Waals surface area contributed by atoms with Crippen molar-refractivity contribution in [3.8, 4) is 0 Å². The van der Waals surface area contributed by atoms with E-state index in [0.29, 0.717) is 32.6 Å². The summed E-state index contributed by atoms with van der Waals surface area (Å²) in [6.45, 7) is 1.65. The second-order valence-corrected chi connectivity index (χ2v) is 8.78. The Morgan fingerprint density at radius 2 is 1.71 bits per heavy atom. The van der Waals surface area contributed by atoms with E-state index in [4.69, 9.17) is 0 Å². The first-order chi connectivity index (χ1) is 11.5. The lowest BCUT2D eigenvalue weighted by Crippen LogP contribution is -2.51. The molecule has 1 amide bonds. The summed E-state index contributed by atoms with van der Waals surface area (Å²) >= 11 is 1.57. The monoisotopic (exact) mass is 364 g/mol. The van der Waals surface area contributed by atoms with E-state index in [2.05, 4.69) is 0 Å². The minimum Gasteiger partial charge on any atom is -0.340 e. The van der Waals surface area contributed by atoms with E-state index in [1.807, 2.05) is 47.8 Å². The second-order valence-electron chi connectivity index (χ2n) is 5.78. The minimum absolute atomic E-state index is 0.0109. The van der Waals surface area contributed by atoms with Gasteiger partial charge in [-0.15, -0.1) is 11.3 Å². The molecule has 0 saturated carbocycles. The predicted octanol–water partition coefficient (Wildman–Crippen LogP) is 1.96. The number of thiophene rings is 1. The Kier molecular flexibility index (Phi) is 5.33. The van der Waals surface area contributed by atoms with Crippen molar-refractivity contribution in [2.45, 2.75) is 12.2 Å². The maximum absolute atomic E-state index is 12.5. The lowest BCUT2D eigenvalue weighted by molar-refractivity contribution is -0.131. The number of carbonyl (C=O) groups excluding carboxylic acids is 1. The number of carbonyl (C=O) groups is 1.